The molecule has 112 valence electrons. The minimum Gasteiger partial charge on any atom is -0.355 e. The number of halogens is 1. The van der Waals surface area contributed by atoms with Crippen molar-refractivity contribution in [2.45, 2.75) is 64.7 Å². The van der Waals surface area contributed by atoms with Gasteiger partial charge in [-0.3, -0.25) is 4.79 Å². The van der Waals surface area contributed by atoms with E-state index in [0.29, 0.717) is 12.0 Å². The molecule has 0 heterocycles. The van der Waals surface area contributed by atoms with Gasteiger partial charge < -0.3 is 11.1 Å². The van der Waals surface area contributed by atoms with Crippen LogP contribution in [0.2, 0.25) is 0 Å². The molecule has 3 N–H and O–H groups in total. The third-order valence-corrected chi connectivity index (χ3v) is 5.47. The van der Waals surface area contributed by atoms with Crippen LogP contribution >= 0.6 is 12.4 Å². The Balaban J connectivity index is 0.00000180. The Morgan fingerprint density at radius 1 is 1.11 bits per heavy atom. The first-order valence-electron chi connectivity index (χ1n) is 7.65. The van der Waals surface area contributed by atoms with E-state index in [2.05, 4.69) is 12.2 Å². The highest BCUT2D eigenvalue weighted by Gasteiger charge is 2.41. The second kappa shape index (κ2) is 6.94. The van der Waals surface area contributed by atoms with Crippen LogP contribution in [0.5, 0.6) is 0 Å². The van der Waals surface area contributed by atoms with Crippen molar-refractivity contribution in [3.05, 3.63) is 0 Å². The molecule has 0 saturated heterocycles. The molecule has 0 bridgehead atoms. The van der Waals surface area contributed by atoms with Gasteiger partial charge in [0, 0.05) is 13.1 Å². The van der Waals surface area contributed by atoms with Gasteiger partial charge in [-0.2, -0.15) is 0 Å². The van der Waals surface area contributed by atoms with E-state index < -0.39 is 0 Å². The highest BCUT2D eigenvalue weighted by atomic mass is 35.5. The molecule has 0 aromatic heterocycles. The van der Waals surface area contributed by atoms with E-state index in [9.17, 15) is 4.79 Å². The Kier molecular flexibility index (Phi) is 6.13. The molecule has 2 rings (SSSR count). The Labute approximate surface area is 123 Å². The predicted octanol–water partition coefficient (Wildman–Crippen LogP) is 3.01. The average molecular weight is 289 g/mol. The van der Waals surface area contributed by atoms with Crippen molar-refractivity contribution in [2.75, 3.05) is 13.1 Å². The maximum atomic E-state index is 12.4. The number of hydrogen-bond acceptors (Lipinski definition) is 2. The van der Waals surface area contributed by atoms with Gasteiger partial charge in [-0.15, -0.1) is 12.4 Å². The first kappa shape index (κ1) is 16.8. The first-order valence-corrected chi connectivity index (χ1v) is 7.65. The molecule has 0 aliphatic heterocycles. The number of amides is 1. The minimum absolute atomic E-state index is 0. The lowest BCUT2D eigenvalue weighted by Gasteiger charge is -2.31. The van der Waals surface area contributed by atoms with Crippen molar-refractivity contribution in [2.24, 2.45) is 16.6 Å². The third kappa shape index (κ3) is 3.43. The molecule has 2 aliphatic rings. The van der Waals surface area contributed by atoms with Gasteiger partial charge in [0.2, 0.25) is 5.91 Å². The second-order valence-electron chi connectivity index (χ2n) is 6.43. The normalized spacial score (nSPS) is 23.9. The molecular formula is C15H29ClN2O. The molecule has 0 aromatic rings. The van der Waals surface area contributed by atoms with E-state index in [4.69, 9.17) is 5.73 Å². The van der Waals surface area contributed by atoms with E-state index in [-0.39, 0.29) is 23.7 Å². The fourth-order valence-corrected chi connectivity index (χ4v) is 3.81. The van der Waals surface area contributed by atoms with E-state index >= 15 is 0 Å². The van der Waals surface area contributed by atoms with Crippen LogP contribution in [0.3, 0.4) is 0 Å². The van der Waals surface area contributed by atoms with E-state index in [1.807, 2.05) is 0 Å². The minimum atomic E-state index is -0.243. The SMILES string of the molecule is CCC1(CNC(=O)C2(CN)CCCC2)CCCC1.Cl. The summed E-state index contributed by atoms with van der Waals surface area (Å²) in [5, 5.41) is 3.23. The summed E-state index contributed by atoms with van der Waals surface area (Å²) in [5.74, 6) is 0.224. The quantitative estimate of drug-likeness (QED) is 0.817. The predicted molar refractivity (Wildman–Crippen MR) is 81.4 cm³/mol. The zero-order valence-electron chi connectivity index (χ0n) is 12.2. The molecule has 1 amide bonds. The molecule has 0 atom stereocenters. The number of nitrogens with two attached hydrogens (primary N) is 1. The van der Waals surface area contributed by atoms with Gasteiger partial charge >= 0.3 is 0 Å². The Hall–Kier alpha value is -0.280. The molecule has 0 spiro atoms. The van der Waals surface area contributed by atoms with Crippen LogP contribution in [0, 0.1) is 10.8 Å². The first-order chi connectivity index (χ1) is 8.66. The number of rotatable bonds is 5. The zero-order chi connectivity index (χ0) is 13.1. The Morgan fingerprint density at radius 3 is 2.11 bits per heavy atom. The van der Waals surface area contributed by atoms with Crippen molar-refractivity contribution in [3.8, 4) is 0 Å². The van der Waals surface area contributed by atoms with Crippen molar-refractivity contribution >= 4 is 18.3 Å². The second-order valence-corrected chi connectivity index (χ2v) is 6.43. The summed E-state index contributed by atoms with van der Waals surface area (Å²) in [6.45, 7) is 3.63. The van der Waals surface area contributed by atoms with E-state index in [1.54, 1.807) is 0 Å². The lowest BCUT2D eigenvalue weighted by molar-refractivity contribution is -0.130. The van der Waals surface area contributed by atoms with Crippen LogP contribution in [0.15, 0.2) is 0 Å². The largest absolute Gasteiger partial charge is 0.355 e. The number of nitrogens with one attached hydrogen (secondary N) is 1. The standard InChI is InChI=1S/C15H28N2O.ClH/c1-2-14(7-3-4-8-14)12-17-13(18)15(11-16)9-5-6-10-15;/h2-12,16H2,1H3,(H,17,18);1H. The summed E-state index contributed by atoms with van der Waals surface area (Å²) in [5.41, 5.74) is 5.99. The van der Waals surface area contributed by atoms with Crippen molar-refractivity contribution < 1.29 is 4.79 Å². The number of hydrogen-bond donors (Lipinski definition) is 2. The van der Waals surface area contributed by atoms with Crippen LogP contribution in [-0.2, 0) is 4.79 Å². The topological polar surface area (TPSA) is 55.1 Å². The molecule has 0 unspecified atom stereocenters. The summed E-state index contributed by atoms with van der Waals surface area (Å²) in [7, 11) is 0. The average Bonchev–Trinajstić information content (AvgIpc) is 3.06. The van der Waals surface area contributed by atoms with Crippen molar-refractivity contribution in [1.82, 2.24) is 5.32 Å². The van der Waals surface area contributed by atoms with Crippen molar-refractivity contribution in [3.63, 3.8) is 0 Å². The Bertz CT molecular complexity index is 295. The summed E-state index contributed by atoms with van der Waals surface area (Å²) in [4.78, 5) is 12.4. The van der Waals surface area contributed by atoms with Crippen LogP contribution in [0.25, 0.3) is 0 Å². The van der Waals surface area contributed by atoms with Crippen molar-refractivity contribution in [1.29, 1.82) is 0 Å². The third-order valence-electron chi connectivity index (χ3n) is 5.47. The molecule has 4 heteroatoms. The van der Waals surface area contributed by atoms with Crippen LogP contribution in [0.1, 0.15) is 64.7 Å². The fraction of sp³-hybridized carbons (Fsp3) is 0.933. The molecule has 2 aliphatic carbocycles. The van der Waals surface area contributed by atoms with Gasteiger partial charge in [-0.1, -0.05) is 32.6 Å². The highest BCUT2D eigenvalue weighted by Crippen LogP contribution is 2.41. The van der Waals surface area contributed by atoms with Gasteiger partial charge in [0.05, 0.1) is 5.41 Å². The van der Waals surface area contributed by atoms with Crippen LogP contribution in [0.4, 0.5) is 0 Å². The zero-order valence-corrected chi connectivity index (χ0v) is 13.0. The highest BCUT2D eigenvalue weighted by molar-refractivity contribution is 5.85. The van der Waals surface area contributed by atoms with E-state index in [1.165, 1.54) is 32.1 Å². The van der Waals surface area contributed by atoms with Crippen LogP contribution in [-0.4, -0.2) is 19.0 Å². The smallest absolute Gasteiger partial charge is 0.227 e. The molecule has 0 radical (unpaired) electrons. The lowest BCUT2D eigenvalue weighted by atomic mass is 9.81. The van der Waals surface area contributed by atoms with Gasteiger partial charge in [-0.25, -0.2) is 0 Å². The van der Waals surface area contributed by atoms with Gasteiger partial charge in [-0.05, 0) is 37.5 Å². The summed E-state index contributed by atoms with van der Waals surface area (Å²) in [6, 6.07) is 0. The molecule has 0 aromatic carbocycles. The maximum Gasteiger partial charge on any atom is 0.227 e. The molecule has 2 fully saturated rings. The van der Waals surface area contributed by atoms with E-state index in [0.717, 1.165) is 32.2 Å². The summed E-state index contributed by atoms with van der Waals surface area (Å²) in [6.07, 6.45) is 10.7. The summed E-state index contributed by atoms with van der Waals surface area (Å²) < 4.78 is 0. The maximum absolute atomic E-state index is 12.4. The van der Waals surface area contributed by atoms with Gasteiger partial charge in [0.1, 0.15) is 0 Å². The molecular weight excluding hydrogens is 260 g/mol. The summed E-state index contributed by atoms with van der Waals surface area (Å²) >= 11 is 0. The molecule has 2 saturated carbocycles. The van der Waals surface area contributed by atoms with Gasteiger partial charge in [0.15, 0.2) is 0 Å². The monoisotopic (exact) mass is 288 g/mol. The number of carbonyl (C=O) groups is 1. The molecule has 3 nitrogen and oxygen atoms in total. The lowest BCUT2D eigenvalue weighted by Crippen LogP contribution is -2.47. The molecule has 19 heavy (non-hydrogen) atoms. The number of carbonyl (C=O) groups excluding carboxylic acids is 1. The van der Waals surface area contributed by atoms with Gasteiger partial charge in [0.25, 0.3) is 0 Å². The fourth-order valence-electron chi connectivity index (χ4n) is 3.81. The van der Waals surface area contributed by atoms with Crippen LogP contribution < -0.4 is 11.1 Å². The Morgan fingerprint density at radius 2 is 1.63 bits per heavy atom.